The second-order valence-corrected chi connectivity index (χ2v) is 8.92. The number of carboxylic acid groups (broad SMARTS) is 1. The average molecular weight is 442 g/mol. The summed E-state index contributed by atoms with van der Waals surface area (Å²) in [5.41, 5.74) is 4.01. The Morgan fingerprint density at radius 2 is 2.07 bits per heavy atom. The second kappa shape index (κ2) is 8.45. The van der Waals surface area contributed by atoms with Crippen LogP contribution in [0.1, 0.15) is 16.1 Å². The summed E-state index contributed by atoms with van der Waals surface area (Å²) in [6.07, 6.45) is 3.74. The number of carbonyl (C=O) groups excluding carboxylic acids is 2. The number of rotatable bonds is 6. The van der Waals surface area contributed by atoms with E-state index in [2.05, 4.69) is 10.3 Å². The van der Waals surface area contributed by atoms with Crippen molar-refractivity contribution < 1.29 is 19.5 Å². The van der Waals surface area contributed by atoms with Crippen LogP contribution >= 0.6 is 23.1 Å². The van der Waals surface area contributed by atoms with Gasteiger partial charge in [0.15, 0.2) is 0 Å². The van der Waals surface area contributed by atoms with E-state index in [9.17, 15) is 19.5 Å². The Morgan fingerprint density at radius 1 is 1.30 bits per heavy atom. The number of thiazole rings is 1. The minimum absolute atomic E-state index is 0.0178. The van der Waals surface area contributed by atoms with Gasteiger partial charge in [-0.2, -0.15) is 0 Å². The van der Waals surface area contributed by atoms with Crippen LogP contribution in [-0.4, -0.2) is 49.9 Å². The van der Waals surface area contributed by atoms with Gasteiger partial charge in [0.05, 0.1) is 17.6 Å². The van der Waals surface area contributed by atoms with Crippen LogP contribution in [0.4, 0.5) is 0 Å². The summed E-state index contributed by atoms with van der Waals surface area (Å²) in [4.78, 5) is 43.4. The van der Waals surface area contributed by atoms with Crippen molar-refractivity contribution in [1.82, 2.24) is 15.2 Å². The van der Waals surface area contributed by atoms with Crippen LogP contribution < -0.4 is 5.32 Å². The molecular formula is C21H19N3O4S2. The molecule has 2 aromatic rings. The number of fused-ring (bicyclic) bond motifs is 1. The van der Waals surface area contributed by atoms with Gasteiger partial charge in [0.1, 0.15) is 17.1 Å². The maximum atomic E-state index is 12.7. The molecule has 154 valence electrons. The summed E-state index contributed by atoms with van der Waals surface area (Å²) < 4.78 is 0. The van der Waals surface area contributed by atoms with Gasteiger partial charge >= 0.3 is 5.97 Å². The highest BCUT2D eigenvalue weighted by atomic mass is 32.2. The van der Waals surface area contributed by atoms with E-state index in [4.69, 9.17) is 0 Å². The first kappa shape index (κ1) is 20.4. The van der Waals surface area contributed by atoms with Crippen LogP contribution in [0.15, 0.2) is 53.2 Å². The van der Waals surface area contributed by atoms with E-state index >= 15 is 0 Å². The number of thioether (sulfide) groups is 1. The maximum absolute atomic E-state index is 12.7. The zero-order valence-corrected chi connectivity index (χ0v) is 17.7. The molecule has 2 amide bonds. The molecule has 1 aromatic heterocycles. The number of carbonyl (C=O) groups is 3. The van der Waals surface area contributed by atoms with E-state index in [1.165, 1.54) is 28.0 Å². The van der Waals surface area contributed by atoms with E-state index in [0.29, 0.717) is 11.3 Å². The van der Waals surface area contributed by atoms with Crippen molar-refractivity contribution in [1.29, 1.82) is 0 Å². The molecule has 2 unspecified atom stereocenters. The summed E-state index contributed by atoms with van der Waals surface area (Å²) in [7, 11) is 0. The minimum Gasteiger partial charge on any atom is -0.477 e. The first-order valence-electron chi connectivity index (χ1n) is 9.28. The topological polar surface area (TPSA) is 99.6 Å². The van der Waals surface area contributed by atoms with Gasteiger partial charge in [-0.05, 0) is 24.1 Å². The van der Waals surface area contributed by atoms with Crippen molar-refractivity contribution in [2.45, 2.75) is 24.8 Å². The third-order valence-corrected chi connectivity index (χ3v) is 7.14. The number of nitrogens with zero attached hydrogens (tertiary/aromatic N) is 2. The lowest BCUT2D eigenvalue weighted by molar-refractivity contribution is -0.150. The lowest BCUT2D eigenvalue weighted by Crippen LogP contribution is -2.70. The second-order valence-electron chi connectivity index (χ2n) is 6.93. The molecular weight excluding hydrogens is 422 g/mol. The molecule has 1 fully saturated rings. The minimum atomic E-state index is -1.15. The normalized spacial score (nSPS) is 20.8. The van der Waals surface area contributed by atoms with Gasteiger partial charge in [-0.1, -0.05) is 36.4 Å². The SMILES string of the molecule is Cc1ncsc1C=CC1=C(C(=O)O)N2C(=O)C(NC(=O)Cc3ccccc3)C2SC1. The van der Waals surface area contributed by atoms with Crippen molar-refractivity contribution in [3.8, 4) is 0 Å². The van der Waals surface area contributed by atoms with Crippen molar-refractivity contribution in [2.75, 3.05) is 5.75 Å². The zero-order valence-electron chi connectivity index (χ0n) is 16.1. The van der Waals surface area contributed by atoms with Crippen LogP contribution in [0, 0.1) is 6.92 Å². The van der Waals surface area contributed by atoms with Gasteiger partial charge in [-0.3, -0.25) is 14.5 Å². The number of aromatic nitrogens is 1. The van der Waals surface area contributed by atoms with Crippen LogP contribution in [0.3, 0.4) is 0 Å². The Labute approximate surface area is 181 Å². The first-order chi connectivity index (χ1) is 14.5. The predicted octanol–water partition coefficient (Wildman–Crippen LogP) is 2.45. The van der Waals surface area contributed by atoms with Gasteiger partial charge < -0.3 is 10.4 Å². The number of hydrogen-bond donors (Lipinski definition) is 2. The molecule has 30 heavy (non-hydrogen) atoms. The predicted molar refractivity (Wildman–Crippen MR) is 116 cm³/mol. The van der Waals surface area contributed by atoms with Crippen LogP contribution in [-0.2, 0) is 20.8 Å². The average Bonchev–Trinajstić information content (AvgIpc) is 3.15. The summed E-state index contributed by atoms with van der Waals surface area (Å²) in [6, 6.07) is 8.55. The molecule has 1 aromatic carbocycles. The Bertz CT molecular complexity index is 1060. The number of nitrogens with one attached hydrogen (secondary N) is 1. The Hall–Kier alpha value is -2.91. The smallest absolute Gasteiger partial charge is 0.352 e. The number of benzene rings is 1. The highest BCUT2D eigenvalue weighted by molar-refractivity contribution is 8.00. The van der Waals surface area contributed by atoms with E-state index in [0.717, 1.165) is 16.1 Å². The molecule has 0 radical (unpaired) electrons. The number of β-lactam (4-membered cyclic amide) rings is 1. The molecule has 2 N–H and O–H groups in total. The van der Waals surface area contributed by atoms with Crippen molar-refractivity contribution >= 4 is 47.0 Å². The monoisotopic (exact) mass is 441 g/mol. The lowest BCUT2D eigenvalue weighted by atomic mass is 10.0. The lowest BCUT2D eigenvalue weighted by Gasteiger charge is -2.49. The maximum Gasteiger partial charge on any atom is 0.352 e. The van der Waals surface area contributed by atoms with Gasteiger partial charge in [0.2, 0.25) is 5.91 Å². The fourth-order valence-corrected chi connectivity index (χ4v) is 5.44. The summed E-state index contributed by atoms with van der Waals surface area (Å²) in [6.45, 7) is 1.88. The zero-order chi connectivity index (χ0) is 21.3. The quantitative estimate of drug-likeness (QED) is 0.668. The van der Waals surface area contributed by atoms with Crippen molar-refractivity contribution in [3.05, 3.63) is 69.3 Å². The molecule has 0 bridgehead atoms. The number of amides is 2. The molecule has 3 heterocycles. The Morgan fingerprint density at radius 3 is 2.73 bits per heavy atom. The first-order valence-corrected chi connectivity index (χ1v) is 11.2. The van der Waals surface area contributed by atoms with Gasteiger partial charge in [0, 0.05) is 10.6 Å². The third-order valence-electron chi connectivity index (χ3n) is 4.94. The number of carboxylic acids is 1. The van der Waals surface area contributed by atoms with Crippen LogP contribution in [0.2, 0.25) is 0 Å². The molecule has 2 atom stereocenters. The van der Waals surface area contributed by atoms with E-state index in [1.54, 1.807) is 11.6 Å². The van der Waals surface area contributed by atoms with Crippen molar-refractivity contribution in [3.63, 3.8) is 0 Å². The van der Waals surface area contributed by atoms with Gasteiger partial charge in [-0.25, -0.2) is 9.78 Å². The fraction of sp³-hybridized carbons (Fsp3) is 0.238. The molecule has 2 aliphatic heterocycles. The van der Waals surface area contributed by atoms with Crippen LogP contribution in [0.25, 0.3) is 6.08 Å². The van der Waals surface area contributed by atoms with Crippen LogP contribution in [0.5, 0.6) is 0 Å². The highest BCUT2D eigenvalue weighted by Gasteiger charge is 2.53. The van der Waals surface area contributed by atoms with E-state index in [1.807, 2.05) is 43.3 Å². The van der Waals surface area contributed by atoms with Gasteiger partial charge in [-0.15, -0.1) is 23.1 Å². The molecule has 0 aliphatic carbocycles. The molecule has 9 heteroatoms. The summed E-state index contributed by atoms with van der Waals surface area (Å²) in [5, 5.41) is 12.1. The van der Waals surface area contributed by atoms with E-state index < -0.39 is 23.3 Å². The van der Waals surface area contributed by atoms with Crippen molar-refractivity contribution in [2.24, 2.45) is 0 Å². The molecule has 7 nitrogen and oxygen atoms in total. The standard InChI is InChI=1S/C21H19N3O4S2/c1-12-15(30-11-22-12)8-7-14-10-29-20-17(19(26)24(20)18(14)21(27)28)23-16(25)9-13-5-3-2-4-6-13/h2-8,11,17,20H,9-10H2,1H3,(H,23,25)(H,27,28). The number of aryl methyl sites for hydroxylation is 1. The summed E-state index contributed by atoms with van der Waals surface area (Å²) >= 11 is 2.92. The third kappa shape index (κ3) is 3.90. The molecule has 1 saturated heterocycles. The fourth-order valence-electron chi connectivity index (χ4n) is 3.42. The molecule has 4 rings (SSSR count). The molecule has 0 saturated carbocycles. The summed E-state index contributed by atoms with van der Waals surface area (Å²) in [5.74, 6) is -1.36. The largest absolute Gasteiger partial charge is 0.477 e. The molecule has 2 aliphatic rings. The molecule has 0 spiro atoms. The van der Waals surface area contributed by atoms with E-state index in [-0.39, 0.29) is 18.0 Å². The number of aliphatic carboxylic acids is 1. The Kier molecular flexibility index (Phi) is 5.74. The number of allylic oxidation sites excluding steroid dienone is 1. The van der Waals surface area contributed by atoms with Gasteiger partial charge in [0.25, 0.3) is 5.91 Å². The Balaban J connectivity index is 1.49. The highest BCUT2D eigenvalue weighted by Crippen LogP contribution is 2.40. The number of hydrogen-bond acceptors (Lipinski definition) is 6.